The van der Waals surface area contributed by atoms with Gasteiger partial charge in [0.15, 0.2) is 0 Å². The van der Waals surface area contributed by atoms with Gasteiger partial charge >= 0.3 is 11.9 Å². The number of carbonyl (C=O) groups excluding carboxylic acids is 2. The van der Waals surface area contributed by atoms with E-state index in [0.717, 1.165) is 17.5 Å². The summed E-state index contributed by atoms with van der Waals surface area (Å²) in [5.74, 6) is -0.0686. The van der Waals surface area contributed by atoms with E-state index in [9.17, 15) is 9.59 Å². The van der Waals surface area contributed by atoms with Crippen molar-refractivity contribution in [3.8, 4) is 0 Å². The first-order valence-corrected chi connectivity index (χ1v) is 8.52. The highest BCUT2D eigenvalue weighted by Gasteiger charge is 2.45. The maximum Gasteiger partial charge on any atom is 0.338 e. The molecule has 0 amide bonds. The second kappa shape index (κ2) is 6.03. The number of rotatable bonds is 3. The highest BCUT2D eigenvalue weighted by atomic mass is 16.5. The number of benzene rings is 2. The molecule has 25 heavy (non-hydrogen) atoms. The van der Waals surface area contributed by atoms with Gasteiger partial charge in [-0.2, -0.15) is 0 Å². The van der Waals surface area contributed by atoms with Crippen molar-refractivity contribution in [2.45, 2.75) is 24.7 Å². The van der Waals surface area contributed by atoms with Crippen LogP contribution in [0.25, 0.3) is 0 Å². The van der Waals surface area contributed by atoms with Gasteiger partial charge < -0.3 is 9.47 Å². The smallest absolute Gasteiger partial charge is 0.338 e. The van der Waals surface area contributed by atoms with E-state index in [1.807, 2.05) is 24.3 Å². The molecule has 0 aliphatic heterocycles. The van der Waals surface area contributed by atoms with Crippen LogP contribution in [0.5, 0.6) is 0 Å². The number of esters is 2. The van der Waals surface area contributed by atoms with E-state index in [2.05, 4.69) is 18.2 Å². The summed E-state index contributed by atoms with van der Waals surface area (Å²) in [6.45, 7) is 0. The zero-order valence-corrected chi connectivity index (χ0v) is 14.3. The summed E-state index contributed by atoms with van der Waals surface area (Å²) in [6, 6.07) is 14.2. The van der Waals surface area contributed by atoms with Gasteiger partial charge in [0.25, 0.3) is 0 Å². The quantitative estimate of drug-likeness (QED) is 0.803. The number of hydrogen-bond acceptors (Lipinski definition) is 4. The molecule has 4 nitrogen and oxygen atoms in total. The molecule has 0 aromatic heterocycles. The van der Waals surface area contributed by atoms with Crippen LogP contribution in [-0.4, -0.2) is 26.2 Å². The van der Waals surface area contributed by atoms with E-state index in [1.165, 1.54) is 25.3 Å². The fraction of sp³-hybridized carbons (Fsp3) is 0.333. The van der Waals surface area contributed by atoms with E-state index in [0.29, 0.717) is 12.0 Å². The lowest BCUT2D eigenvalue weighted by Crippen LogP contribution is -2.34. The molecule has 0 saturated carbocycles. The number of carbonyl (C=O) groups is 2. The van der Waals surface area contributed by atoms with Gasteiger partial charge in [0, 0.05) is 18.3 Å². The molecule has 3 aliphatic rings. The van der Waals surface area contributed by atoms with Crippen molar-refractivity contribution in [1.29, 1.82) is 0 Å². The first kappa shape index (κ1) is 15.9. The van der Waals surface area contributed by atoms with Gasteiger partial charge in [-0.15, -0.1) is 0 Å². The Labute approximate surface area is 146 Å². The molecule has 0 radical (unpaired) electrons. The van der Waals surface area contributed by atoms with Crippen LogP contribution in [0.15, 0.2) is 42.5 Å². The summed E-state index contributed by atoms with van der Waals surface area (Å²) >= 11 is 0. The van der Waals surface area contributed by atoms with Gasteiger partial charge in [-0.25, -0.2) is 4.79 Å². The summed E-state index contributed by atoms with van der Waals surface area (Å²) in [5, 5.41) is 0. The molecular weight excluding hydrogens is 316 g/mol. The molecule has 3 atom stereocenters. The van der Waals surface area contributed by atoms with Gasteiger partial charge in [-0.1, -0.05) is 36.4 Å². The Morgan fingerprint density at radius 2 is 1.68 bits per heavy atom. The topological polar surface area (TPSA) is 52.6 Å². The van der Waals surface area contributed by atoms with E-state index >= 15 is 0 Å². The summed E-state index contributed by atoms with van der Waals surface area (Å²) in [5.41, 5.74) is 5.38. The van der Waals surface area contributed by atoms with Crippen molar-refractivity contribution in [3.63, 3.8) is 0 Å². The van der Waals surface area contributed by atoms with Crippen molar-refractivity contribution < 1.29 is 19.1 Å². The van der Waals surface area contributed by atoms with Crippen LogP contribution < -0.4 is 0 Å². The Balaban J connectivity index is 1.89. The maximum atomic E-state index is 12.3. The Kier molecular flexibility index (Phi) is 3.83. The fourth-order valence-electron chi connectivity index (χ4n) is 4.66. The molecule has 5 rings (SSSR count). The number of ether oxygens (including phenoxy) is 2. The largest absolute Gasteiger partial charge is 0.469 e. The second-order valence-corrected chi connectivity index (χ2v) is 6.74. The molecule has 0 saturated heterocycles. The maximum absolute atomic E-state index is 12.3. The van der Waals surface area contributed by atoms with Crippen LogP contribution in [0, 0.1) is 5.92 Å². The Morgan fingerprint density at radius 3 is 2.40 bits per heavy atom. The highest BCUT2D eigenvalue weighted by Crippen LogP contribution is 2.57. The standard InChI is InChI=1S/C21H20O4/c1-24-18(22)11-12-10-17-13-6-3-4-7-14(13)19(12)15-8-5-9-16(20(15)17)21(23)25-2/h3-9,12,17,19H,10-11H2,1-2H3/t12-,17-,19+/m0/s1. The first-order valence-electron chi connectivity index (χ1n) is 8.52. The Morgan fingerprint density at radius 1 is 0.960 bits per heavy atom. The molecule has 4 heteroatoms. The highest BCUT2D eigenvalue weighted by molar-refractivity contribution is 5.92. The lowest BCUT2D eigenvalue weighted by atomic mass is 9.57. The molecule has 2 bridgehead atoms. The normalized spacial score (nSPS) is 22.7. The molecule has 0 unspecified atom stereocenters. The average molecular weight is 336 g/mol. The molecule has 3 aliphatic carbocycles. The lowest BCUT2D eigenvalue weighted by Gasteiger charge is -2.45. The fourth-order valence-corrected chi connectivity index (χ4v) is 4.66. The van der Waals surface area contributed by atoms with E-state index < -0.39 is 0 Å². The molecule has 0 heterocycles. The molecule has 0 spiro atoms. The summed E-state index contributed by atoms with van der Waals surface area (Å²) in [6.07, 6.45) is 1.24. The third kappa shape index (κ3) is 2.36. The SMILES string of the molecule is COC(=O)C[C@@H]1C[C@H]2c3ccccc3[C@@H]1c1cccc(C(=O)OC)c12. The van der Waals surface area contributed by atoms with Gasteiger partial charge in [-0.05, 0) is 40.7 Å². The zero-order valence-electron chi connectivity index (χ0n) is 14.3. The van der Waals surface area contributed by atoms with Crippen molar-refractivity contribution in [3.05, 3.63) is 70.3 Å². The van der Waals surface area contributed by atoms with Crippen molar-refractivity contribution >= 4 is 11.9 Å². The van der Waals surface area contributed by atoms with Crippen LogP contribution in [0.3, 0.4) is 0 Å². The molecule has 128 valence electrons. The average Bonchev–Trinajstić information content (AvgIpc) is 2.66. The lowest BCUT2D eigenvalue weighted by molar-refractivity contribution is -0.142. The van der Waals surface area contributed by atoms with Gasteiger partial charge in [0.2, 0.25) is 0 Å². The summed E-state index contributed by atoms with van der Waals surface area (Å²) in [4.78, 5) is 24.2. The van der Waals surface area contributed by atoms with Crippen LogP contribution >= 0.6 is 0 Å². The summed E-state index contributed by atoms with van der Waals surface area (Å²) in [7, 11) is 2.84. The minimum Gasteiger partial charge on any atom is -0.469 e. The van der Waals surface area contributed by atoms with Crippen molar-refractivity contribution in [1.82, 2.24) is 0 Å². The third-order valence-corrected chi connectivity index (χ3v) is 5.60. The van der Waals surface area contributed by atoms with Crippen LogP contribution in [0.4, 0.5) is 0 Å². The minimum absolute atomic E-state index is 0.111. The van der Waals surface area contributed by atoms with Gasteiger partial charge in [0.05, 0.1) is 19.8 Å². The van der Waals surface area contributed by atoms with Gasteiger partial charge in [0.1, 0.15) is 0 Å². The Bertz CT molecular complexity index is 855. The predicted molar refractivity (Wildman–Crippen MR) is 92.6 cm³/mol. The molecule has 0 N–H and O–H groups in total. The number of fused-ring (bicyclic) bond motifs is 1. The third-order valence-electron chi connectivity index (χ3n) is 5.60. The number of methoxy groups -OCH3 is 2. The Hall–Kier alpha value is -2.62. The van der Waals surface area contributed by atoms with Crippen LogP contribution in [-0.2, 0) is 14.3 Å². The molecule has 0 fully saturated rings. The van der Waals surface area contributed by atoms with E-state index in [4.69, 9.17) is 9.47 Å². The van der Waals surface area contributed by atoms with Gasteiger partial charge in [-0.3, -0.25) is 4.79 Å². The monoisotopic (exact) mass is 336 g/mol. The van der Waals surface area contributed by atoms with E-state index in [-0.39, 0.29) is 29.7 Å². The molecular formula is C21H20O4. The van der Waals surface area contributed by atoms with Crippen molar-refractivity contribution in [2.75, 3.05) is 14.2 Å². The number of hydrogen-bond donors (Lipinski definition) is 0. The first-order chi connectivity index (χ1) is 12.2. The summed E-state index contributed by atoms with van der Waals surface area (Å²) < 4.78 is 9.90. The minimum atomic E-state index is -0.300. The van der Waals surface area contributed by atoms with Crippen LogP contribution in [0.2, 0.25) is 0 Å². The zero-order chi connectivity index (χ0) is 17.6. The molecule has 2 aromatic carbocycles. The molecule has 2 aromatic rings. The second-order valence-electron chi connectivity index (χ2n) is 6.74. The van der Waals surface area contributed by atoms with Crippen LogP contribution in [0.1, 0.15) is 57.3 Å². The van der Waals surface area contributed by atoms with Crippen molar-refractivity contribution in [2.24, 2.45) is 5.92 Å². The van der Waals surface area contributed by atoms with E-state index in [1.54, 1.807) is 0 Å². The predicted octanol–water partition coefficient (Wildman–Crippen LogP) is 3.63.